The van der Waals surface area contributed by atoms with Crippen molar-refractivity contribution in [3.05, 3.63) is 17.8 Å². The van der Waals surface area contributed by atoms with Gasteiger partial charge < -0.3 is 9.47 Å². The van der Waals surface area contributed by atoms with Gasteiger partial charge in [-0.25, -0.2) is 13.4 Å². The van der Waals surface area contributed by atoms with Crippen LogP contribution in [0.2, 0.25) is 0 Å². The van der Waals surface area contributed by atoms with Gasteiger partial charge in [0.25, 0.3) is 0 Å². The molecule has 27 heavy (non-hydrogen) atoms. The van der Waals surface area contributed by atoms with Crippen LogP contribution >= 0.6 is 0 Å². The number of pyridine rings is 1. The van der Waals surface area contributed by atoms with E-state index in [0.29, 0.717) is 41.0 Å². The van der Waals surface area contributed by atoms with Gasteiger partial charge in [0.15, 0.2) is 0 Å². The van der Waals surface area contributed by atoms with Gasteiger partial charge in [0, 0.05) is 43.7 Å². The molecule has 4 aliphatic rings. The minimum Gasteiger partial charge on any atom is -0.481 e. The van der Waals surface area contributed by atoms with E-state index >= 15 is 0 Å². The van der Waals surface area contributed by atoms with Crippen molar-refractivity contribution in [2.45, 2.75) is 37.1 Å². The lowest BCUT2D eigenvalue weighted by atomic mass is 9.76. The van der Waals surface area contributed by atoms with Crippen molar-refractivity contribution >= 4 is 10.0 Å². The fourth-order valence-corrected chi connectivity index (χ4v) is 7.17. The molecule has 7 nitrogen and oxygen atoms in total. The molecule has 0 radical (unpaired) electrons. The summed E-state index contributed by atoms with van der Waals surface area (Å²) in [7, 11) is -1.95. The lowest BCUT2D eigenvalue weighted by Crippen LogP contribution is -2.68. The quantitative estimate of drug-likeness (QED) is 0.767. The second kappa shape index (κ2) is 5.89. The standard InChI is InChI=1S/C19H27N3O4S/c1-14-16(3-4-17(20-14)25-2)27(23,24)22-10-18(11-22)6-5-15(7-18)21-8-19(9-21)12-26-13-19/h3-4,15H,5-13H2,1-2H3. The molecule has 0 aromatic carbocycles. The van der Waals surface area contributed by atoms with E-state index in [4.69, 9.17) is 9.47 Å². The van der Waals surface area contributed by atoms with Crippen LogP contribution in [0.5, 0.6) is 5.88 Å². The van der Waals surface area contributed by atoms with E-state index in [2.05, 4.69) is 9.88 Å². The third-order valence-corrected chi connectivity index (χ3v) is 8.87. The SMILES string of the molecule is COc1ccc(S(=O)(=O)N2CC3(CCC(N4CC5(COC5)C4)C3)C2)c(C)n1. The highest BCUT2D eigenvalue weighted by Gasteiger charge is 2.57. The Labute approximate surface area is 160 Å². The number of hydrogen-bond donors (Lipinski definition) is 0. The normalized spacial score (nSPS) is 29.3. The van der Waals surface area contributed by atoms with Gasteiger partial charge in [-0.3, -0.25) is 4.90 Å². The Morgan fingerprint density at radius 3 is 2.52 bits per heavy atom. The topological polar surface area (TPSA) is 72.0 Å². The van der Waals surface area contributed by atoms with E-state index in [1.54, 1.807) is 23.4 Å². The van der Waals surface area contributed by atoms with Crippen molar-refractivity contribution in [3.8, 4) is 5.88 Å². The largest absolute Gasteiger partial charge is 0.481 e. The third kappa shape index (κ3) is 2.72. The number of aromatic nitrogens is 1. The molecule has 1 saturated carbocycles. The van der Waals surface area contributed by atoms with Crippen molar-refractivity contribution in [2.24, 2.45) is 10.8 Å². The zero-order valence-corrected chi connectivity index (χ0v) is 16.8. The molecular formula is C19H27N3O4S. The second-order valence-corrected chi connectivity index (χ2v) is 10.9. The van der Waals surface area contributed by atoms with Crippen molar-refractivity contribution in [3.63, 3.8) is 0 Å². The Kier molecular flexibility index (Phi) is 3.89. The maximum atomic E-state index is 13.0. The van der Waals surface area contributed by atoms with Crippen molar-refractivity contribution in [1.82, 2.24) is 14.2 Å². The molecule has 0 bridgehead atoms. The molecule has 1 aliphatic carbocycles. The molecule has 0 N–H and O–H groups in total. The summed E-state index contributed by atoms with van der Waals surface area (Å²) in [6.45, 7) is 7.16. The Morgan fingerprint density at radius 1 is 1.19 bits per heavy atom. The summed E-state index contributed by atoms with van der Waals surface area (Å²) in [5.41, 5.74) is 1.11. The van der Waals surface area contributed by atoms with Gasteiger partial charge in [0.1, 0.15) is 4.90 Å². The molecule has 148 valence electrons. The lowest BCUT2D eigenvalue weighted by Gasteiger charge is -2.57. The number of sulfonamides is 1. The summed E-state index contributed by atoms with van der Waals surface area (Å²) >= 11 is 0. The summed E-state index contributed by atoms with van der Waals surface area (Å²) in [5.74, 6) is 0.439. The van der Waals surface area contributed by atoms with Crippen LogP contribution in [0.15, 0.2) is 17.0 Å². The molecule has 3 aliphatic heterocycles. The second-order valence-electron chi connectivity index (χ2n) is 9.00. The van der Waals surface area contributed by atoms with Crippen molar-refractivity contribution < 1.29 is 17.9 Å². The number of aryl methyl sites for hydroxylation is 1. The van der Waals surface area contributed by atoms with Gasteiger partial charge in [-0.05, 0) is 37.7 Å². The molecule has 8 heteroatoms. The van der Waals surface area contributed by atoms with E-state index in [1.165, 1.54) is 13.5 Å². The summed E-state index contributed by atoms with van der Waals surface area (Å²) in [5, 5.41) is 0. The van der Waals surface area contributed by atoms with Gasteiger partial charge >= 0.3 is 0 Å². The molecular weight excluding hydrogens is 366 g/mol. The van der Waals surface area contributed by atoms with Crippen LogP contribution in [0, 0.1) is 17.8 Å². The maximum Gasteiger partial charge on any atom is 0.244 e. The highest BCUT2D eigenvalue weighted by atomic mass is 32.2. The number of ether oxygens (including phenoxy) is 2. The van der Waals surface area contributed by atoms with Gasteiger partial charge in [0.2, 0.25) is 15.9 Å². The zero-order chi connectivity index (χ0) is 18.9. The van der Waals surface area contributed by atoms with E-state index < -0.39 is 10.0 Å². The van der Waals surface area contributed by atoms with Crippen LogP contribution in [0.4, 0.5) is 0 Å². The Bertz CT molecular complexity index is 854. The molecule has 1 aromatic rings. The smallest absolute Gasteiger partial charge is 0.244 e. The number of rotatable bonds is 4. The van der Waals surface area contributed by atoms with E-state index in [9.17, 15) is 8.42 Å². The predicted molar refractivity (Wildman–Crippen MR) is 99.2 cm³/mol. The molecule has 4 heterocycles. The van der Waals surface area contributed by atoms with E-state index in [0.717, 1.165) is 39.1 Å². The first-order valence-electron chi connectivity index (χ1n) is 9.69. The summed E-state index contributed by atoms with van der Waals surface area (Å²) in [4.78, 5) is 7.11. The Morgan fingerprint density at radius 2 is 1.93 bits per heavy atom. The van der Waals surface area contributed by atoms with Crippen LogP contribution in [-0.4, -0.2) is 75.2 Å². The number of hydrogen-bond acceptors (Lipinski definition) is 6. The lowest BCUT2D eigenvalue weighted by molar-refractivity contribution is -0.198. The molecule has 4 fully saturated rings. The van der Waals surface area contributed by atoms with Gasteiger partial charge in [-0.15, -0.1) is 0 Å². The monoisotopic (exact) mass is 393 g/mol. The minimum atomic E-state index is -3.48. The van der Waals surface area contributed by atoms with Crippen molar-refractivity contribution in [1.29, 1.82) is 0 Å². The van der Waals surface area contributed by atoms with E-state index in [1.807, 2.05) is 0 Å². The van der Waals surface area contributed by atoms with Crippen LogP contribution in [0.3, 0.4) is 0 Å². The molecule has 3 saturated heterocycles. The number of likely N-dealkylation sites (tertiary alicyclic amines) is 1. The first kappa shape index (κ1) is 17.8. The molecule has 1 aromatic heterocycles. The van der Waals surface area contributed by atoms with Crippen LogP contribution < -0.4 is 4.74 Å². The van der Waals surface area contributed by atoms with Gasteiger partial charge in [-0.2, -0.15) is 4.31 Å². The van der Waals surface area contributed by atoms with Gasteiger partial charge in [0.05, 0.1) is 26.0 Å². The molecule has 2 spiro atoms. The highest BCUT2D eigenvalue weighted by Crippen LogP contribution is 2.51. The fourth-order valence-electron chi connectivity index (χ4n) is 5.34. The van der Waals surface area contributed by atoms with Crippen molar-refractivity contribution in [2.75, 3.05) is 46.5 Å². The zero-order valence-electron chi connectivity index (χ0n) is 16.0. The maximum absolute atomic E-state index is 13.0. The molecule has 5 rings (SSSR count). The Hall–Kier alpha value is -1.22. The predicted octanol–water partition coefficient (Wildman–Crippen LogP) is 1.27. The van der Waals surface area contributed by atoms with Crippen LogP contribution in [-0.2, 0) is 14.8 Å². The average molecular weight is 394 g/mol. The number of methoxy groups -OCH3 is 1. The minimum absolute atomic E-state index is 0.171. The summed E-state index contributed by atoms with van der Waals surface area (Å²) in [6, 6.07) is 3.84. The first-order chi connectivity index (χ1) is 12.8. The average Bonchev–Trinajstić information content (AvgIpc) is 2.96. The van der Waals surface area contributed by atoms with E-state index in [-0.39, 0.29) is 5.41 Å². The molecule has 0 amide bonds. The molecule has 1 unspecified atom stereocenters. The fraction of sp³-hybridized carbons (Fsp3) is 0.737. The first-order valence-corrected chi connectivity index (χ1v) is 11.1. The number of nitrogens with zero attached hydrogens (tertiary/aromatic N) is 3. The van der Waals surface area contributed by atoms with Crippen LogP contribution in [0.1, 0.15) is 25.0 Å². The molecule has 1 atom stereocenters. The Balaban J connectivity index is 1.22. The van der Waals surface area contributed by atoms with Crippen LogP contribution in [0.25, 0.3) is 0 Å². The van der Waals surface area contributed by atoms with Gasteiger partial charge in [-0.1, -0.05) is 0 Å². The summed E-state index contributed by atoms with van der Waals surface area (Å²) < 4.78 is 38.1. The third-order valence-electron chi connectivity index (χ3n) is 6.95. The highest BCUT2D eigenvalue weighted by molar-refractivity contribution is 7.89. The summed E-state index contributed by atoms with van der Waals surface area (Å²) in [6.07, 6.45) is 3.44.